The van der Waals surface area contributed by atoms with Gasteiger partial charge < -0.3 is 20.1 Å². The number of carbonyl (C=O) groups excluding carboxylic acids is 1. The molecule has 2 N–H and O–H groups in total. The lowest BCUT2D eigenvalue weighted by Gasteiger charge is -2.18. The van der Waals surface area contributed by atoms with Gasteiger partial charge in [-0.2, -0.15) is 0 Å². The third kappa shape index (κ3) is 4.11. The number of benzene rings is 1. The maximum absolute atomic E-state index is 12.8. The fourth-order valence-corrected chi connectivity index (χ4v) is 4.37. The summed E-state index contributed by atoms with van der Waals surface area (Å²) in [5.74, 6) is 0.0324. The van der Waals surface area contributed by atoms with Crippen molar-refractivity contribution in [3.05, 3.63) is 53.2 Å². The summed E-state index contributed by atoms with van der Waals surface area (Å²) in [4.78, 5) is 25.2. The van der Waals surface area contributed by atoms with Crippen LogP contribution in [0.1, 0.15) is 15.4 Å². The molecule has 0 unspecified atom stereocenters. The van der Waals surface area contributed by atoms with Gasteiger partial charge in [-0.05, 0) is 57.4 Å². The minimum Gasteiger partial charge on any atom is -0.359 e. The summed E-state index contributed by atoms with van der Waals surface area (Å²) < 4.78 is 0.988. The lowest BCUT2D eigenvalue weighted by molar-refractivity contribution is 0.0791. The molecule has 3 aromatic heterocycles. The van der Waals surface area contributed by atoms with Crippen molar-refractivity contribution >= 4 is 49.7 Å². The molecular formula is C22H25N5OS. The van der Waals surface area contributed by atoms with E-state index in [4.69, 9.17) is 0 Å². The zero-order chi connectivity index (χ0) is 20.5. The lowest BCUT2D eigenvalue weighted by atomic mass is 10.2. The molecular weight excluding hydrogens is 382 g/mol. The monoisotopic (exact) mass is 407 g/mol. The number of hydrogen-bond donors (Lipinski definition) is 2. The highest BCUT2D eigenvalue weighted by Gasteiger charge is 2.17. The predicted octanol–water partition coefficient (Wildman–Crippen LogP) is 4.46. The molecule has 0 aliphatic heterocycles. The number of carbonyl (C=O) groups is 1. The molecule has 1 amide bonds. The van der Waals surface area contributed by atoms with E-state index in [-0.39, 0.29) is 5.91 Å². The van der Waals surface area contributed by atoms with Gasteiger partial charge in [-0.1, -0.05) is 0 Å². The Hall–Kier alpha value is -2.90. The number of aryl methyl sites for hydroxylation is 1. The first-order chi connectivity index (χ1) is 13.9. The molecule has 0 saturated heterocycles. The highest BCUT2D eigenvalue weighted by Crippen LogP contribution is 2.33. The molecule has 3 heterocycles. The molecule has 0 saturated carbocycles. The van der Waals surface area contributed by atoms with E-state index in [1.807, 2.05) is 33.3 Å². The van der Waals surface area contributed by atoms with Gasteiger partial charge in [0.25, 0.3) is 5.91 Å². The molecule has 0 spiro atoms. The Morgan fingerprint density at radius 1 is 1.14 bits per heavy atom. The van der Waals surface area contributed by atoms with Gasteiger partial charge >= 0.3 is 0 Å². The first-order valence-corrected chi connectivity index (χ1v) is 10.4. The highest BCUT2D eigenvalue weighted by atomic mass is 32.1. The average Bonchev–Trinajstić information content (AvgIpc) is 3.28. The molecule has 4 rings (SSSR count). The Balaban J connectivity index is 1.60. The van der Waals surface area contributed by atoms with E-state index in [1.165, 1.54) is 16.7 Å². The first kappa shape index (κ1) is 19.4. The number of H-pyrrole nitrogens is 1. The van der Waals surface area contributed by atoms with E-state index in [9.17, 15) is 4.79 Å². The summed E-state index contributed by atoms with van der Waals surface area (Å²) in [6.45, 7) is 3.58. The van der Waals surface area contributed by atoms with Gasteiger partial charge in [0.1, 0.15) is 0 Å². The molecule has 6 nitrogen and oxygen atoms in total. The van der Waals surface area contributed by atoms with Crippen LogP contribution in [0, 0.1) is 6.92 Å². The molecule has 0 atom stereocenters. The van der Waals surface area contributed by atoms with Crippen LogP contribution in [0.4, 0.5) is 11.4 Å². The molecule has 4 aromatic rings. The van der Waals surface area contributed by atoms with Crippen molar-refractivity contribution < 1.29 is 4.79 Å². The van der Waals surface area contributed by atoms with E-state index < -0.39 is 0 Å². The topological polar surface area (TPSA) is 64.3 Å². The van der Waals surface area contributed by atoms with Gasteiger partial charge in [0.2, 0.25) is 0 Å². The average molecular weight is 408 g/mol. The van der Waals surface area contributed by atoms with E-state index in [1.54, 1.807) is 11.1 Å². The Kier molecular flexibility index (Phi) is 5.25. The summed E-state index contributed by atoms with van der Waals surface area (Å²) in [6.07, 6.45) is 1.78. The molecule has 150 valence electrons. The number of hydrogen-bond acceptors (Lipinski definition) is 5. The van der Waals surface area contributed by atoms with Crippen molar-refractivity contribution in [2.75, 3.05) is 39.5 Å². The number of aromatic nitrogens is 2. The molecule has 0 radical (unpaired) electrons. The Morgan fingerprint density at radius 2 is 1.97 bits per heavy atom. The highest BCUT2D eigenvalue weighted by molar-refractivity contribution is 7.21. The maximum atomic E-state index is 12.8. The number of rotatable bonds is 6. The smallest absolute Gasteiger partial charge is 0.263 e. The number of pyridine rings is 1. The molecule has 1 aromatic carbocycles. The van der Waals surface area contributed by atoms with Crippen molar-refractivity contribution in [1.82, 2.24) is 19.8 Å². The van der Waals surface area contributed by atoms with Gasteiger partial charge in [-0.3, -0.25) is 9.78 Å². The molecule has 29 heavy (non-hydrogen) atoms. The Morgan fingerprint density at radius 3 is 2.76 bits per heavy atom. The van der Waals surface area contributed by atoms with Crippen LogP contribution in [-0.4, -0.2) is 59.9 Å². The zero-order valence-corrected chi connectivity index (χ0v) is 17.9. The third-order valence-electron chi connectivity index (χ3n) is 4.89. The van der Waals surface area contributed by atoms with Crippen LogP contribution in [0.5, 0.6) is 0 Å². The number of nitrogens with zero attached hydrogens (tertiary/aromatic N) is 3. The van der Waals surface area contributed by atoms with E-state index in [0.29, 0.717) is 11.4 Å². The fraction of sp³-hybridized carbons (Fsp3) is 0.273. The number of amides is 1. The maximum Gasteiger partial charge on any atom is 0.263 e. The number of aromatic amines is 1. The Labute approximate surface area is 174 Å². The minimum absolute atomic E-state index is 0.0324. The summed E-state index contributed by atoms with van der Waals surface area (Å²) in [5.41, 5.74) is 5.07. The van der Waals surface area contributed by atoms with Gasteiger partial charge in [-0.25, -0.2) is 0 Å². The van der Waals surface area contributed by atoms with Gasteiger partial charge in [-0.15, -0.1) is 11.3 Å². The predicted molar refractivity (Wildman–Crippen MR) is 121 cm³/mol. The summed E-state index contributed by atoms with van der Waals surface area (Å²) in [6, 6.07) is 12.2. The van der Waals surface area contributed by atoms with Gasteiger partial charge in [0.05, 0.1) is 20.8 Å². The third-order valence-corrected chi connectivity index (χ3v) is 6.03. The summed E-state index contributed by atoms with van der Waals surface area (Å²) >= 11 is 1.49. The van der Waals surface area contributed by atoms with Crippen molar-refractivity contribution in [1.29, 1.82) is 0 Å². The number of nitrogens with one attached hydrogen (secondary N) is 2. The number of thiophene rings is 1. The molecule has 0 fully saturated rings. The summed E-state index contributed by atoms with van der Waals surface area (Å²) in [7, 11) is 5.86. The molecule has 0 aliphatic carbocycles. The van der Waals surface area contributed by atoms with E-state index >= 15 is 0 Å². The standard InChI is InChI=1S/C22H25N5OS/c1-14-11-15-12-16(5-6-17(15)24-14)25-18-7-8-23-19-13-20(29-21(18)19)22(28)27(4)10-9-26(2)3/h5-8,11-13,24H,9-10H2,1-4H3,(H,23,25). The quantitative estimate of drug-likeness (QED) is 0.495. The van der Waals surface area contributed by atoms with Crippen LogP contribution in [0.25, 0.3) is 21.1 Å². The Bertz CT molecular complexity index is 1180. The number of anilines is 2. The fourth-order valence-electron chi connectivity index (χ4n) is 3.29. The van der Waals surface area contributed by atoms with Crippen LogP contribution >= 0.6 is 11.3 Å². The van der Waals surface area contributed by atoms with Crippen molar-refractivity contribution in [2.45, 2.75) is 6.92 Å². The largest absolute Gasteiger partial charge is 0.359 e. The second-order valence-corrected chi connectivity index (χ2v) is 8.65. The van der Waals surface area contributed by atoms with Crippen molar-refractivity contribution in [3.63, 3.8) is 0 Å². The van der Waals surface area contributed by atoms with E-state index in [0.717, 1.165) is 39.3 Å². The number of likely N-dealkylation sites (N-methyl/N-ethyl adjacent to an activating group) is 2. The number of fused-ring (bicyclic) bond motifs is 2. The van der Waals surface area contributed by atoms with Crippen LogP contribution in [-0.2, 0) is 0 Å². The molecule has 7 heteroatoms. The van der Waals surface area contributed by atoms with Crippen molar-refractivity contribution in [3.8, 4) is 0 Å². The second kappa shape index (κ2) is 7.85. The zero-order valence-electron chi connectivity index (χ0n) is 17.1. The van der Waals surface area contributed by atoms with Crippen LogP contribution in [0.3, 0.4) is 0 Å². The summed E-state index contributed by atoms with van der Waals surface area (Å²) in [5, 5.41) is 4.66. The van der Waals surface area contributed by atoms with Gasteiger partial charge in [0.15, 0.2) is 0 Å². The SMILES string of the molecule is Cc1cc2cc(Nc3ccnc4cc(C(=O)N(C)CCN(C)C)sc34)ccc2[nH]1. The molecule has 0 bridgehead atoms. The molecule has 0 aliphatic rings. The van der Waals surface area contributed by atoms with Gasteiger partial charge in [0, 0.05) is 48.6 Å². The first-order valence-electron chi connectivity index (χ1n) is 9.56. The van der Waals surface area contributed by atoms with E-state index in [2.05, 4.69) is 51.4 Å². The van der Waals surface area contributed by atoms with Crippen LogP contribution < -0.4 is 5.32 Å². The second-order valence-electron chi connectivity index (χ2n) is 7.59. The minimum atomic E-state index is 0.0324. The lowest BCUT2D eigenvalue weighted by Crippen LogP contribution is -2.33. The normalized spacial score (nSPS) is 11.5. The van der Waals surface area contributed by atoms with Crippen molar-refractivity contribution in [2.24, 2.45) is 0 Å². The van der Waals surface area contributed by atoms with Crippen LogP contribution in [0.2, 0.25) is 0 Å². The van der Waals surface area contributed by atoms with Crippen LogP contribution in [0.15, 0.2) is 42.6 Å².